The molecule has 0 aromatic rings. The quantitative estimate of drug-likeness (QED) is 0.562. The molecule has 2 aliphatic heterocycles. The molecule has 3 rings (SSSR count). The number of hydroxylamine groups is 2. The molecule has 0 aromatic carbocycles. The Balaban J connectivity index is 2.14. The Morgan fingerprint density at radius 2 is 2.07 bits per heavy atom. The van der Waals surface area contributed by atoms with Gasteiger partial charge in [-0.25, -0.2) is 5.06 Å². The van der Waals surface area contributed by atoms with Gasteiger partial charge in [-0.3, -0.25) is 9.63 Å². The molecular weight excluding hydrogens is 199 g/mol. The number of carbonyl (C=O) groups excluding carboxylic acids is 1. The van der Waals surface area contributed by atoms with Crippen LogP contribution in [-0.4, -0.2) is 29.3 Å². The van der Waals surface area contributed by atoms with Gasteiger partial charge in [-0.1, -0.05) is 12.2 Å². The van der Waals surface area contributed by atoms with Gasteiger partial charge in [-0.15, -0.1) is 0 Å². The van der Waals surface area contributed by atoms with Crippen LogP contribution in [0, 0.1) is 0 Å². The Morgan fingerprint density at radius 1 is 1.36 bits per heavy atom. The van der Waals surface area contributed by atoms with Gasteiger partial charge in [0.2, 0.25) is 0 Å². The van der Waals surface area contributed by atoms with E-state index in [-0.39, 0.29) is 6.10 Å². The molecule has 14 heavy (non-hydrogen) atoms. The fraction of sp³-hybridized carbons (Fsp3) is 0.625. The van der Waals surface area contributed by atoms with Crippen LogP contribution in [-0.2, 0) is 9.63 Å². The summed E-state index contributed by atoms with van der Waals surface area (Å²) in [5.41, 5.74) is 0. The summed E-state index contributed by atoms with van der Waals surface area (Å²) in [4.78, 5) is 15.7. The molecule has 1 unspecified atom stereocenters. The summed E-state index contributed by atoms with van der Waals surface area (Å²) in [5.74, 6) is -1.92. The van der Waals surface area contributed by atoms with Crippen molar-refractivity contribution in [1.29, 1.82) is 0 Å². The third kappa shape index (κ3) is 1.50. The van der Waals surface area contributed by atoms with Crippen LogP contribution in [0.4, 0.5) is 13.2 Å². The zero-order valence-electron chi connectivity index (χ0n) is 7.12. The summed E-state index contributed by atoms with van der Waals surface area (Å²) < 4.78 is 36.2. The van der Waals surface area contributed by atoms with Crippen molar-refractivity contribution in [2.45, 2.75) is 31.2 Å². The molecule has 0 N–H and O–H groups in total. The summed E-state index contributed by atoms with van der Waals surface area (Å²) in [6.45, 7) is 0. The minimum Gasteiger partial charge on any atom is -0.263 e. The minimum atomic E-state index is -4.86. The molecule has 2 atom stereocenters. The maximum absolute atomic E-state index is 12.1. The van der Waals surface area contributed by atoms with Crippen molar-refractivity contribution >= 4 is 5.91 Å². The highest BCUT2D eigenvalue weighted by Gasteiger charge is 2.48. The first-order valence-corrected chi connectivity index (χ1v) is 4.24. The molecule has 0 saturated carbocycles. The highest BCUT2D eigenvalue weighted by Crippen LogP contribution is 2.31. The molecule has 1 fully saturated rings. The minimum absolute atomic E-state index is 0.383. The molecule has 2 bridgehead atoms. The summed E-state index contributed by atoms with van der Waals surface area (Å²) in [7, 11) is 0. The number of halogens is 3. The van der Waals surface area contributed by atoms with E-state index in [1.165, 1.54) is 0 Å². The van der Waals surface area contributed by atoms with Crippen LogP contribution in [0.25, 0.3) is 0 Å². The zero-order valence-corrected chi connectivity index (χ0v) is 7.12. The predicted molar refractivity (Wildman–Crippen MR) is 39.9 cm³/mol. The van der Waals surface area contributed by atoms with Crippen LogP contribution in [0.3, 0.4) is 0 Å². The van der Waals surface area contributed by atoms with Crippen LogP contribution in [0.5, 0.6) is 0 Å². The van der Waals surface area contributed by atoms with Crippen molar-refractivity contribution in [3.63, 3.8) is 0 Å². The average molecular weight is 207 g/mol. The predicted octanol–water partition coefficient (Wildman–Crippen LogP) is 1.41. The highest BCUT2D eigenvalue weighted by atomic mass is 19.4. The number of hydrogen-bond acceptors (Lipinski definition) is 2. The number of hydrogen-bond donors (Lipinski definition) is 0. The summed E-state index contributed by atoms with van der Waals surface area (Å²) >= 11 is 0. The summed E-state index contributed by atoms with van der Waals surface area (Å²) in [6, 6.07) is -0.561. The first-order valence-electron chi connectivity index (χ1n) is 4.24. The lowest BCUT2D eigenvalue weighted by molar-refractivity contribution is -0.260. The third-order valence-electron chi connectivity index (χ3n) is 2.29. The number of amides is 1. The molecule has 0 aromatic heterocycles. The SMILES string of the molecule is O=C(N1O[C@H]2C=CC1CC2)C(F)(F)F. The summed E-state index contributed by atoms with van der Waals surface area (Å²) in [5, 5.41) is 0.439. The van der Waals surface area contributed by atoms with Crippen LogP contribution >= 0.6 is 0 Å². The Bertz CT molecular complexity index is 287. The maximum atomic E-state index is 12.1. The first kappa shape index (κ1) is 9.51. The molecule has 0 radical (unpaired) electrons. The van der Waals surface area contributed by atoms with Gasteiger partial charge in [0.05, 0.1) is 6.04 Å². The van der Waals surface area contributed by atoms with E-state index in [9.17, 15) is 18.0 Å². The number of alkyl halides is 3. The number of nitrogens with zero attached hydrogens (tertiary/aromatic N) is 1. The molecule has 2 heterocycles. The molecule has 1 aliphatic carbocycles. The van der Waals surface area contributed by atoms with Crippen molar-refractivity contribution in [3.05, 3.63) is 12.2 Å². The fourth-order valence-electron chi connectivity index (χ4n) is 1.61. The number of carbonyl (C=O) groups is 1. The number of fused-ring (bicyclic) bond motifs is 2. The van der Waals surface area contributed by atoms with Crippen LogP contribution < -0.4 is 0 Å². The van der Waals surface area contributed by atoms with Gasteiger partial charge >= 0.3 is 12.1 Å². The van der Waals surface area contributed by atoms with E-state index < -0.39 is 18.1 Å². The normalized spacial score (nSPS) is 30.9. The largest absolute Gasteiger partial charge is 0.473 e. The van der Waals surface area contributed by atoms with E-state index in [4.69, 9.17) is 4.84 Å². The van der Waals surface area contributed by atoms with E-state index in [0.717, 1.165) is 0 Å². The van der Waals surface area contributed by atoms with Crippen molar-refractivity contribution < 1.29 is 22.8 Å². The van der Waals surface area contributed by atoms with Crippen molar-refractivity contribution in [3.8, 4) is 0 Å². The summed E-state index contributed by atoms with van der Waals surface area (Å²) in [6.07, 6.45) is -0.765. The molecule has 0 spiro atoms. The van der Waals surface area contributed by atoms with E-state index in [2.05, 4.69) is 0 Å². The van der Waals surface area contributed by atoms with Crippen LogP contribution in [0.1, 0.15) is 12.8 Å². The molecule has 1 amide bonds. The average Bonchev–Trinajstić information content (AvgIpc) is 2.17. The smallest absolute Gasteiger partial charge is 0.263 e. The fourth-order valence-corrected chi connectivity index (χ4v) is 1.61. The standard InChI is InChI=1S/C8H8F3NO2/c9-8(10,11)7(13)12-5-1-3-6(14-12)4-2-5/h1,3,5-6H,2,4H2/t5?,6-/m0/s1. The lowest BCUT2D eigenvalue weighted by atomic mass is 9.98. The molecular formula is C8H8F3NO2. The second kappa shape index (κ2) is 2.98. The monoisotopic (exact) mass is 207 g/mol. The molecule has 1 saturated heterocycles. The van der Waals surface area contributed by atoms with Gasteiger partial charge in [-0.2, -0.15) is 13.2 Å². The highest BCUT2D eigenvalue weighted by molar-refractivity contribution is 5.81. The Hall–Kier alpha value is -1.04. The molecule has 3 nitrogen and oxygen atoms in total. The van der Waals surface area contributed by atoms with Gasteiger partial charge in [-0.05, 0) is 12.8 Å². The van der Waals surface area contributed by atoms with Gasteiger partial charge < -0.3 is 0 Å². The van der Waals surface area contributed by atoms with Crippen molar-refractivity contribution in [2.75, 3.05) is 0 Å². The Morgan fingerprint density at radius 3 is 2.43 bits per heavy atom. The van der Waals surface area contributed by atoms with E-state index in [1.807, 2.05) is 0 Å². The molecule has 78 valence electrons. The second-order valence-corrected chi connectivity index (χ2v) is 3.30. The van der Waals surface area contributed by atoms with E-state index >= 15 is 0 Å². The van der Waals surface area contributed by atoms with E-state index in [1.54, 1.807) is 12.2 Å². The second-order valence-electron chi connectivity index (χ2n) is 3.30. The topological polar surface area (TPSA) is 29.5 Å². The van der Waals surface area contributed by atoms with Gasteiger partial charge in [0.1, 0.15) is 6.10 Å². The third-order valence-corrected chi connectivity index (χ3v) is 2.29. The molecule has 6 heteroatoms. The number of rotatable bonds is 0. The van der Waals surface area contributed by atoms with Crippen molar-refractivity contribution in [1.82, 2.24) is 5.06 Å². The first-order chi connectivity index (χ1) is 6.48. The van der Waals surface area contributed by atoms with Crippen LogP contribution in [0.15, 0.2) is 12.2 Å². The Labute approximate surface area is 78.1 Å². The van der Waals surface area contributed by atoms with Gasteiger partial charge in [0.25, 0.3) is 0 Å². The van der Waals surface area contributed by atoms with Crippen LogP contribution in [0.2, 0.25) is 0 Å². The lowest BCUT2D eigenvalue weighted by Gasteiger charge is -2.40. The van der Waals surface area contributed by atoms with Crippen molar-refractivity contribution in [2.24, 2.45) is 0 Å². The Kier molecular flexibility index (Phi) is 2.02. The molecule has 3 aliphatic rings. The van der Waals surface area contributed by atoms with Gasteiger partial charge in [0.15, 0.2) is 0 Å². The van der Waals surface area contributed by atoms with Gasteiger partial charge in [0, 0.05) is 0 Å². The lowest BCUT2D eigenvalue weighted by Crippen LogP contribution is -2.52. The zero-order chi connectivity index (χ0) is 10.3. The van der Waals surface area contributed by atoms with E-state index in [0.29, 0.717) is 17.9 Å². The maximum Gasteiger partial charge on any atom is 0.473 e.